The van der Waals surface area contributed by atoms with Crippen molar-refractivity contribution >= 4 is 0 Å². The van der Waals surface area contributed by atoms with Crippen molar-refractivity contribution in [2.45, 2.75) is 25.7 Å². The van der Waals surface area contributed by atoms with E-state index >= 15 is 0 Å². The van der Waals surface area contributed by atoms with Crippen molar-refractivity contribution < 1.29 is 14.2 Å². The predicted octanol–water partition coefficient (Wildman–Crippen LogP) is 3.51. The van der Waals surface area contributed by atoms with Gasteiger partial charge in [-0.15, -0.1) is 0 Å². The third-order valence-electron chi connectivity index (χ3n) is 3.94. The number of hydrogen-bond acceptors (Lipinski definition) is 3. The average molecular weight is 262 g/mol. The van der Waals surface area contributed by atoms with E-state index in [9.17, 15) is 0 Å². The highest BCUT2D eigenvalue weighted by atomic mass is 16.7. The number of methoxy groups -OCH3 is 3. The van der Waals surface area contributed by atoms with Crippen molar-refractivity contribution in [3.8, 4) is 0 Å². The first kappa shape index (κ1) is 13.8. The molecule has 2 rings (SSSR count). The van der Waals surface area contributed by atoms with Gasteiger partial charge in [0.05, 0.1) is 21.3 Å². The first-order valence-electron chi connectivity index (χ1n) is 6.66. The minimum absolute atomic E-state index is 0.0253. The first-order valence-corrected chi connectivity index (χ1v) is 6.66. The fourth-order valence-corrected chi connectivity index (χ4v) is 2.86. The quantitative estimate of drug-likeness (QED) is 0.734. The van der Waals surface area contributed by atoms with Crippen LogP contribution in [0.5, 0.6) is 0 Å². The van der Waals surface area contributed by atoms with Crippen LogP contribution in [0.25, 0.3) is 0 Å². The third-order valence-corrected chi connectivity index (χ3v) is 3.94. The highest BCUT2D eigenvalue weighted by molar-refractivity contribution is 5.23. The summed E-state index contributed by atoms with van der Waals surface area (Å²) in [6.45, 7) is 0. The highest BCUT2D eigenvalue weighted by Crippen LogP contribution is 2.50. The standard InChI is InChI=1S/C16H22O3/c1-17-14(15(18-2)19-3)16(10-7-11-16)12-13-8-5-4-6-9-13/h4-6,8-9H,7,10-12H2,1-3H3. The maximum Gasteiger partial charge on any atom is 0.318 e. The van der Waals surface area contributed by atoms with Gasteiger partial charge >= 0.3 is 5.95 Å². The Labute approximate surface area is 115 Å². The summed E-state index contributed by atoms with van der Waals surface area (Å²) in [5.74, 6) is 1.34. The van der Waals surface area contributed by atoms with Gasteiger partial charge in [0.25, 0.3) is 0 Å². The molecule has 1 fully saturated rings. The molecule has 1 aliphatic carbocycles. The Hall–Kier alpha value is -1.64. The molecule has 1 aromatic rings. The lowest BCUT2D eigenvalue weighted by Crippen LogP contribution is -2.36. The second kappa shape index (κ2) is 6.00. The zero-order valence-electron chi connectivity index (χ0n) is 11.9. The maximum atomic E-state index is 5.60. The largest absolute Gasteiger partial charge is 0.493 e. The maximum absolute atomic E-state index is 5.60. The molecule has 0 N–H and O–H groups in total. The number of benzene rings is 1. The van der Waals surface area contributed by atoms with E-state index in [0.717, 1.165) is 25.0 Å². The first-order chi connectivity index (χ1) is 9.25. The van der Waals surface area contributed by atoms with Crippen molar-refractivity contribution in [1.82, 2.24) is 0 Å². The lowest BCUT2D eigenvalue weighted by Gasteiger charge is -2.42. The summed E-state index contributed by atoms with van der Waals surface area (Å²) in [6, 6.07) is 10.5. The molecular weight excluding hydrogens is 240 g/mol. The molecule has 0 bridgehead atoms. The minimum atomic E-state index is 0.0253. The molecule has 0 atom stereocenters. The van der Waals surface area contributed by atoms with E-state index in [1.165, 1.54) is 12.0 Å². The Bertz CT molecular complexity index is 427. The van der Waals surface area contributed by atoms with Crippen LogP contribution < -0.4 is 0 Å². The van der Waals surface area contributed by atoms with Crippen molar-refractivity contribution in [3.63, 3.8) is 0 Å². The Morgan fingerprint density at radius 2 is 1.63 bits per heavy atom. The summed E-state index contributed by atoms with van der Waals surface area (Å²) in [5, 5.41) is 0. The lowest BCUT2D eigenvalue weighted by atomic mass is 9.64. The minimum Gasteiger partial charge on any atom is -0.493 e. The van der Waals surface area contributed by atoms with E-state index in [4.69, 9.17) is 14.2 Å². The lowest BCUT2D eigenvalue weighted by molar-refractivity contribution is 0.0171. The zero-order chi connectivity index (χ0) is 13.7. The second-order valence-electron chi connectivity index (χ2n) is 5.03. The smallest absolute Gasteiger partial charge is 0.318 e. The second-order valence-corrected chi connectivity index (χ2v) is 5.03. The molecule has 0 radical (unpaired) electrons. The molecule has 0 aromatic heterocycles. The summed E-state index contributed by atoms with van der Waals surface area (Å²) in [4.78, 5) is 0. The molecule has 3 heteroatoms. The number of rotatable bonds is 6. The molecule has 1 aliphatic rings. The molecule has 3 nitrogen and oxygen atoms in total. The van der Waals surface area contributed by atoms with Crippen LogP contribution in [0, 0.1) is 5.41 Å². The molecule has 104 valence electrons. The van der Waals surface area contributed by atoms with Gasteiger partial charge < -0.3 is 14.2 Å². The van der Waals surface area contributed by atoms with Crippen LogP contribution in [0.15, 0.2) is 42.0 Å². The van der Waals surface area contributed by atoms with Gasteiger partial charge in [0, 0.05) is 5.41 Å². The zero-order valence-corrected chi connectivity index (χ0v) is 11.9. The number of ether oxygens (including phenoxy) is 3. The van der Waals surface area contributed by atoms with Crippen LogP contribution >= 0.6 is 0 Å². The summed E-state index contributed by atoms with van der Waals surface area (Å²) in [7, 11) is 4.93. The Morgan fingerprint density at radius 3 is 2.05 bits per heavy atom. The predicted molar refractivity (Wildman–Crippen MR) is 74.5 cm³/mol. The van der Waals surface area contributed by atoms with Crippen molar-refractivity contribution in [2.75, 3.05) is 21.3 Å². The van der Waals surface area contributed by atoms with Gasteiger partial charge in [-0.25, -0.2) is 0 Å². The molecule has 1 aromatic carbocycles. The summed E-state index contributed by atoms with van der Waals surface area (Å²) < 4.78 is 16.2. The van der Waals surface area contributed by atoms with Gasteiger partial charge in [-0.3, -0.25) is 0 Å². The van der Waals surface area contributed by atoms with Gasteiger partial charge in [0.2, 0.25) is 0 Å². The van der Waals surface area contributed by atoms with Crippen molar-refractivity contribution in [1.29, 1.82) is 0 Å². The summed E-state index contributed by atoms with van der Waals surface area (Å²) in [5.41, 5.74) is 1.35. The van der Waals surface area contributed by atoms with Crippen LogP contribution in [0.1, 0.15) is 24.8 Å². The molecule has 0 amide bonds. The number of allylic oxidation sites excluding steroid dienone is 1. The van der Waals surface area contributed by atoms with Crippen LogP contribution in [0.2, 0.25) is 0 Å². The topological polar surface area (TPSA) is 27.7 Å². The molecule has 0 heterocycles. The van der Waals surface area contributed by atoms with Crippen LogP contribution in [0.3, 0.4) is 0 Å². The Morgan fingerprint density at radius 1 is 1.00 bits per heavy atom. The van der Waals surface area contributed by atoms with Gasteiger partial charge in [-0.2, -0.15) is 0 Å². The van der Waals surface area contributed by atoms with E-state index in [1.807, 2.05) is 6.07 Å². The monoisotopic (exact) mass is 262 g/mol. The van der Waals surface area contributed by atoms with E-state index in [1.54, 1.807) is 21.3 Å². The highest BCUT2D eigenvalue weighted by Gasteiger charge is 2.44. The SMILES string of the molecule is COC(OC)=C(OC)C1(Cc2ccccc2)CCC1. The molecule has 0 spiro atoms. The normalized spacial score (nSPS) is 16.2. The molecule has 19 heavy (non-hydrogen) atoms. The van der Waals surface area contributed by atoms with E-state index < -0.39 is 0 Å². The van der Waals surface area contributed by atoms with E-state index in [0.29, 0.717) is 5.95 Å². The molecule has 0 saturated heterocycles. The van der Waals surface area contributed by atoms with Crippen LogP contribution in [0.4, 0.5) is 0 Å². The van der Waals surface area contributed by atoms with Gasteiger partial charge in [-0.05, 0) is 24.8 Å². The number of hydrogen-bond donors (Lipinski definition) is 0. The molecular formula is C16H22O3. The fraction of sp³-hybridized carbons (Fsp3) is 0.500. The third kappa shape index (κ3) is 2.70. The van der Waals surface area contributed by atoms with Crippen molar-refractivity contribution in [2.24, 2.45) is 5.41 Å². The Kier molecular flexibility index (Phi) is 4.35. The summed E-state index contributed by atoms with van der Waals surface area (Å²) >= 11 is 0. The summed E-state index contributed by atoms with van der Waals surface area (Å²) in [6.07, 6.45) is 4.41. The van der Waals surface area contributed by atoms with Gasteiger partial charge in [0.15, 0.2) is 5.76 Å². The van der Waals surface area contributed by atoms with E-state index in [-0.39, 0.29) is 5.41 Å². The van der Waals surface area contributed by atoms with Crippen LogP contribution in [-0.2, 0) is 20.6 Å². The Balaban J connectivity index is 2.29. The molecule has 1 saturated carbocycles. The fourth-order valence-electron chi connectivity index (χ4n) is 2.86. The van der Waals surface area contributed by atoms with Crippen LogP contribution in [-0.4, -0.2) is 21.3 Å². The van der Waals surface area contributed by atoms with Gasteiger partial charge in [-0.1, -0.05) is 36.8 Å². The van der Waals surface area contributed by atoms with E-state index in [2.05, 4.69) is 24.3 Å². The van der Waals surface area contributed by atoms with Gasteiger partial charge in [0.1, 0.15) is 0 Å². The van der Waals surface area contributed by atoms with Crippen molar-refractivity contribution in [3.05, 3.63) is 47.6 Å². The molecule has 0 aliphatic heterocycles. The average Bonchev–Trinajstić information content (AvgIpc) is 2.42. The molecule has 0 unspecified atom stereocenters.